The van der Waals surface area contributed by atoms with Crippen LogP contribution in [0.25, 0.3) is 0 Å². The van der Waals surface area contributed by atoms with Gasteiger partial charge in [0.25, 0.3) is 5.91 Å². The highest BCUT2D eigenvalue weighted by atomic mass is 19.1. The third-order valence-corrected chi connectivity index (χ3v) is 6.73. The molecule has 172 valence electrons. The summed E-state index contributed by atoms with van der Waals surface area (Å²) < 4.78 is 25.0. The van der Waals surface area contributed by atoms with Crippen molar-refractivity contribution in [1.82, 2.24) is 9.80 Å². The lowest BCUT2D eigenvalue weighted by Crippen LogP contribution is -2.41. The number of halogens is 1. The Hall–Kier alpha value is -2.60. The highest BCUT2D eigenvalue weighted by molar-refractivity contribution is 5.95. The van der Waals surface area contributed by atoms with E-state index in [1.165, 1.54) is 12.1 Å². The molecule has 4 rings (SSSR count). The predicted octanol–water partition coefficient (Wildman–Crippen LogP) is 4.72. The molecule has 0 bridgehead atoms. The van der Waals surface area contributed by atoms with Crippen molar-refractivity contribution in [2.24, 2.45) is 0 Å². The first-order valence-corrected chi connectivity index (χ1v) is 11.6. The Kier molecular flexibility index (Phi) is 6.99. The number of hydrogen-bond donors (Lipinski definition) is 0. The number of likely N-dealkylation sites (tertiary alicyclic amines) is 2. The molecule has 2 saturated heterocycles. The largest absolute Gasteiger partial charge is 0.493 e. The number of rotatable bonds is 6. The van der Waals surface area contributed by atoms with Gasteiger partial charge in [-0.1, -0.05) is 12.1 Å². The molecule has 6 heteroatoms. The maximum absolute atomic E-state index is 13.2. The molecule has 0 N–H and O–H groups in total. The molecule has 0 aliphatic carbocycles. The third-order valence-electron chi connectivity index (χ3n) is 6.73. The van der Waals surface area contributed by atoms with Crippen molar-refractivity contribution in [2.75, 3.05) is 33.3 Å². The molecule has 2 fully saturated rings. The van der Waals surface area contributed by atoms with Crippen LogP contribution in [-0.2, 0) is 0 Å². The van der Waals surface area contributed by atoms with Crippen molar-refractivity contribution in [3.63, 3.8) is 0 Å². The second-order valence-corrected chi connectivity index (χ2v) is 9.10. The van der Waals surface area contributed by atoms with Gasteiger partial charge in [-0.3, -0.25) is 4.79 Å². The lowest BCUT2D eigenvalue weighted by molar-refractivity contribution is 0.0777. The molecule has 5 nitrogen and oxygen atoms in total. The summed E-state index contributed by atoms with van der Waals surface area (Å²) in [6, 6.07) is 12.6. The summed E-state index contributed by atoms with van der Waals surface area (Å²) in [6.45, 7) is 7.80. The highest BCUT2D eigenvalue weighted by Crippen LogP contribution is 2.33. The number of carbonyl (C=O) groups excluding carboxylic acids is 1. The quantitative estimate of drug-likeness (QED) is 0.652. The van der Waals surface area contributed by atoms with Gasteiger partial charge in [-0.25, -0.2) is 4.39 Å². The van der Waals surface area contributed by atoms with Crippen LogP contribution in [0.15, 0.2) is 42.5 Å². The Labute approximate surface area is 190 Å². The van der Waals surface area contributed by atoms with E-state index in [1.807, 2.05) is 29.2 Å². The zero-order chi connectivity index (χ0) is 22.7. The third kappa shape index (κ3) is 5.07. The van der Waals surface area contributed by atoms with Gasteiger partial charge in [-0.2, -0.15) is 0 Å². The topological polar surface area (TPSA) is 42.0 Å². The smallest absolute Gasteiger partial charge is 0.254 e. The van der Waals surface area contributed by atoms with Gasteiger partial charge in [0.05, 0.1) is 7.11 Å². The lowest BCUT2D eigenvalue weighted by atomic mass is 9.98. The van der Waals surface area contributed by atoms with Crippen molar-refractivity contribution < 1.29 is 18.7 Å². The average molecular weight is 441 g/mol. The number of hydrogen-bond acceptors (Lipinski definition) is 4. The Bertz CT molecular complexity index is 923. The monoisotopic (exact) mass is 440 g/mol. The summed E-state index contributed by atoms with van der Waals surface area (Å²) in [5.41, 5.74) is 1.69. The molecule has 32 heavy (non-hydrogen) atoms. The summed E-state index contributed by atoms with van der Waals surface area (Å²) in [5.74, 6) is 1.28. The summed E-state index contributed by atoms with van der Waals surface area (Å²) in [7, 11) is 1.62. The van der Waals surface area contributed by atoms with Gasteiger partial charge >= 0.3 is 0 Å². The Morgan fingerprint density at radius 3 is 2.38 bits per heavy atom. The molecule has 0 saturated carbocycles. The number of ether oxygens (including phenoxy) is 2. The van der Waals surface area contributed by atoms with Gasteiger partial charge in [0.1, 0.15) is 11.9 Å². The first-order chi connectivity index (χ1) is 15.4. The number of benzene rings is 2. The molecule has 2 aromatic rings. The van der Waals surface area contributed by atoms with Gasteiger partial charge in [-0.15, -0.1) is 0 Å². The van der Waals surface area contributed by atoms with Crippen LogP contribution in [0.5, 0.6) is 11.5 Å². The van der Waals surface area contributed by atoms with E-state index in [0.717, 1.165) is 37.9 Å². The van der Waals surface area contributed by atoms with Gasteiger partial charge in [0.2, 0.25) is 0 Å². The molecular weight excluding hydrogens is 407 g/mol. The Morgan fingerprint density at radius 2 is 1.72 bits per heavy atom. The summed E-state index contributed by atoms with van der Waals surface area (Å²) in [4.78, 5) is 17.5. The van der Waals surface area contributed by atoms with E-state index in [2.05, 4.69) is 18.7 Å². The van der Waals surface area contributed by atoms with Gasteiger partial charge in [0, 0.05) is 43.7 Å². The van der Waals surface area contributed by atoms with E-state index >= 15 is 0 Å². The van der Waals surface area contributed by atoms with E-state index in [-0.39, 0.29) is 23.7 Å². The fourth-order valence-electron chi connectivity index (χ4n) is 4.73. The fourth-order valence-corrected chi connectivity index (χ4v) is 4.73. The molecule has 1 unspecified atom stereocenters. The van der Waals surface area contributed by atoms with E-state index in [0.29, 0.717) is 36.2 Å². The zero-order valence-electron chi connectivity index (χ0n) is 19.2. The van der Waals surface area contributed by atoms with Crippen molar-refractivity contribution in [2.45, 2.75) is 51.2 Å². The van der Waals surface area contributed by atoms with Crippen LogP contribution in [-0.4, -0.2) is 61.1 Å². The minimum Gasteiger partial charge on any atom is -0.493 e. The van der Waals surface area contributed by atoms with Crippen LogP contribution in [0.1, 0.15) is 54.9 Å². The van der Waals surface area contributed by atoms with Crippen molar-refractivity contribution in [3.05, 3.63) is 59.4 Å². The molecule has 2 aliphatic heterocycles. The fraction of sp³-hybridized carbons (Fsp3) is 0.500. The maximum atomic E-state index is 13.2. The normalized spacial score (nSPS) is 20.0. The molecule has 2 heterocycles. The average Bonchev–Trinajstić information content (AvgIpc) is 3.29. The van der Waals surface area contributed by atoms with Crippen molar-refractivity contribution >= 4 is 5.91 Å². The molecule has 1 atom stereocenters. The highest BCUT2D eigenvalue weighted by Gasteiger charge is 2.29. The molecule has 0 radical (unpaired) electrons. The second-order valence-electron chi connectivity index (χ2n) is 9.10. The molecule has 1 amide bonds. The minimum atomic E-state index is -0.236. The van der Waals surface area contributed by atoms with Gasteiger partial charge in [-0.05, 0) is 69.0 Å². The summed E-state index contributed by atoms with van der Waals surface area (Å²) in [5, 5.41) is 0. The zero-order valence-corrected chi connectivity index (χ0v) is 19.2. The minimum absolute atomic E-state index is 0.00302. The second kappa shape index (κ2) is 9.90. The van der Waals surface area contributed by atoms with Crippen molar-refractivity contribution in [1.29, 1.82) is 0 Å². The Balaban J connectivity index is 1.42. The van der Waals surface area contributed by atoms with E-state index in [9.17, 15) is 9.18 Å². The van der Waals surface area contributed by atoms with E-state index in [4.69, 9.17) is 9.47 Å². The van der Waals surface area contributed by atoms with Gasteiger partial charge < -0.3 is 19.3 Å². The summed E-state index contributed by atoms with van der Waals surface area (Å²) in [6.07, 6.45) is 2.93. The van der Waals surface area contributed by atoms with E-state index < -0.39 is 0 Å². The van der Waals surface area contributed by atoms with E-state index in [1.54, 1.807) is 13.2 Å². The van der Waals surface area contributed by atoms with Crippen LogP contribution in [0.3, 0.4) is 0 Å². The standard InChI is InChI=1S/C26H33FN2O3/c1-18(2)28-14-11-23(12-15-28)32-25-16-20(6-9-24(25)31-3)26(30)29-13-10-21(17-29)19-4-7-22(27)8-5-19/h4-9,16,18,21,23H,10-15,17H2,1-3H3. The number of piperidine rings is 1. The van der Waals surface area contributed by atoms with Crippen molar-refractivity contribution in [3.8, 4) is 11.5 Å². The van der Waals surface area contributed by atoms with Crippen LogP contribution >= 0.6 is 0 Å². The first-order valence-electron chi connectivity index (χ1n) is 11.6. The van der Waals surface area contributed by atoms with Crippen LogP contribution in [0.4, 0.5) is 4.39 Å². The molecule has 2 aromatic carbocycles. The number of carbonyl (C=O) groups is 1. The molecule has 0 spiro atoms. The number of methoxy groups -OCH3 is 1. The number of nitrogens with zero attached hydrogens (tertiary/aromatic N) is 2. The summed E-state index contributed by atoms with van der Waals surface area (Å²) >= 11 is 0. The molecule has 0 aromatic heterocycles. The van der Waals surface area contributed by atoms with Crippen LogP contribution in [0.2, 0.25) is 0 Å². The SMILES string of the molecule is COc1ccc(C(=O)N2CCC(c3ccc(F)cc3)C2)cc1OC1CCN(C(C)C)CC1. The Morgan fingerprint density at radius 1 is 1.00 bits per heavy atom. The molecule has 2 aliphatic rings. The number of amides is 1. The molecular formula is C26H33FN2O3. The van der Waals surface area contributed by atoms with Crippen LogP contribution < -0.4 is 9.47 Å². The predicted molar refractivity (Wildman–Crippen MR) is 123 cm³/mol. The lowest BCUT2D eigenvalue weighted by Gasteiger charge is -2.34. The maximum Gasteiger partial charge on any atom is 0.254 e. The van der Waals surface area contributed by atoms with Gasteiger partial charge in [0.15, 0.2) is 11.5 Å². The first kappa shape index (κ1) is 22.6. The van der Waals surface area contributed by atoms with Crippen LogP contribution in [0, 0.1) is 5.82 Å².